The molecule has 2 rings (SSSR count). The number of anilines is 2. The number of benzene rings is 1. The van der Waals surface area contributed by atoms with Crippen molar-refractivity contribution in [3.63, 3.8) is 0 Å². The van der Waals surface area contributed by atoms with Gasteiger partial charge in [-0.05, 0) is 32.0 Å². The fourth-order valence-corrected chi connectivity index (χ4v) is 3.50. The minimum absolute atomic E-state index is 0.0742. The second-order valence-electron chi connectivity index (χ2n) is 4.50. The molecule has 0 saturated heterocycles. The van der Waals surface area contributed by atoms with Gasteiger partial charge in [-0.3, -0.25) is 9.40 Å². The van der Waals surface area contributed by atoms with Crippen LogP contribution >= 0.6 is 0 Å². The molecular formula is C12H15FN4O2S. The van der Waals surface area contributed by atoms with Crippen molar-refractivity contribution < 1.29 is 12.8 Å². The highest BCUT2D eigenvalue weighted by Gasteiger charge is 2.24. The van der Waals surface area contributed by atoms with E-state index in [-0.39, 0.29) is 16.3 Å². The number of aromatic nitrogens is 2. The Bertz CT molecular complexity index is 748. The summed E-state index contributed by atoms with van der Waals surface area (Å²) in [6.45, 7) is 3.25. The van der Waals surface area contributed by atoms with Crippen LogP contribution in [0.1, 0.15) is 11.4 Å². The number of nitrogens with two attached hydrogens (primary N) is 1. The Hall–Kier alpha value is -2.09. The highest BCUT2D eigenvalue weighted by Crippen LogP contribution is 2.23. The van der Waals surface area contributed by atoms with Gasteiger partial charge in [0.05, 0.1) is 17.1 Å². The van der Waals surface area contributed by atoms with E-state index in [4.69, 9.17) is 5.73 Å². The van der Waals surface area contributed by atoms with Crippen LogP contribution < -0.4 is 10.5 Å². The summed E-state index contributed by atoms with van der Waals surface area (Å²) in [5, 5.41) is 4.05. The Morgan fingerprint density at radius 1 is 1.30 bits per heavy atom. The van der Waals surface area contributed by atoms with Crippen molar-refractivity contribution in [3.8, 4) is 0 Å². The van der Waals surface area contributed by atoms with Gasteiger partial charge in [-0.2, -0.15) is 5.10 Å². The Labute approximate surface area is 116 Å². The summed E-state index contributed by atoms with van der Waals surface area (Å²) in [6.07, 6.45) is 0. The first-order valence-electron chi connectivity index (χ1n) is 5.80. The lowest BCUT2D eigenvalue weighted by molar-refractivity contribution is 0.599. The Balaban J connectivity index is 2.46. The number of hydrogen-bond acceptors (Lipinski definition) is 4. The average Bonchev–Trinajstić information content (AvgIpc) is 2.50. The van der Waals surface area contributed by atoms with Crippen LogP contribution in [0.3, 0.4) is 0 Å². The van der Waals surface area contributed by atoms with Gasteiger partial charge < -0.3 is 5.73 Å². The van der Waals surface area contributed by atoms with Gasteiger partial charge in [-0.1, -0.05) is 0 Å². The second kappa shape index (κ2) is 4.78. The number of halogens is 1. The molecule has 0 amide bonds. The first-order chi connectivity index (χ1) is 9.20. The first-order valence-corrected chi connectivity index (χ1v) is 7.28. The summed E-state index contributed by atoms with van der Waals surface area (Å²) >= 11 is 0. The third kappa shape index (κ3) is 2.60. The lowest BCUT2D eigenvalue weighted by Crippen LogP contribution is -2.15. The predicted molar refractivity (Wildman–Crippen MR) is 74.3 cm³/mol. The summed E-state index contributed by atoms with van der Waals surface area (Å²) in [5.74, 6) is -0.609. The fraction of sp³-hybridized carbons (Fsp3) is 0.250. The number of nitrogen functional groups attached to an aromatic ring is 1. The third-order valence-electron chi connectivity index (χ3n) is 2.88. The molecule has 1 aromatic heterocycles. The van der Waals surface area contributed by atoms with E-state index in [0.29, 0.717) is 11.4 Å². The van der Waals surface area contributed by atoms with E-state index in [0.717, 1.165) is 12.1 Å². The fourth-order valence-electron chi connectivity index (χ4n) is 2.02. The molecule has 108 valence electrons. The zero-order valence-corrected chi connectivity index (χ0v) is 12.1. The number of aryl methyl sites for hydroxylation is 2. The van der Waals surface area contributed by atoms with Crippen molar-refractivity contribution >= 4 is 21.4 Å². The van der Waals surface area contributed by atoms with Crippen molar-refractivity contribution in [2.24, 2.45) is 7.05 Å². The first kappa shape index (κ1) is 14.3. The molecule has 1 aromatic carbocycles. The van der Waals surface area contributed by atoms with Crippen LogP contribution in [0.4, 0.5) is 15.8 Å². The van der Waals surface area contributed by atoms with Gasteiger partial charge in [-0.15, -0.1) is 0 Å². The van der Waals surface area contributed by atoms with Crippen LogP contribution in [0.2, 0.25) is 0 Å². The number of sulfonamides is 1. The van der Waals surface area contributed by atoms with Crippen LogP contribution in [-0.2, 0) is 17.1 Å². The van der Waals surface area contributed by atoms with Gasteiger partial charge in [-0.25, -0.2) is 12.8 Å². The zero-order chi connectivity index (χ0) is 15.1. The van der Waals surface area contributed by atoms with Gasteiger partial charge in [0.1, 0.15) is 10.7 Å². The lowest BCUT2D eigenvalue weighted by Gasteiger charge is -2.09. The maximum absolute atomic E-state index is 13.2. The molecule has 3 N–H and O–H groups in total. The van der Waals surface area contributed by atoms with Gasteiger partial charge >= 0.3 is 0 Å². The number of nitrogens with one attached hydrogen (secondary N) is 1. The molecular weight excluding hydrogens is 283 g/mol. The average molecular weight is 298 g/mol. The van der Waals surface area contributed by atoms with Crippen molar-refractivity contribution in [1.29, 1.82) is 0 Å². The molecule has 20 heavy (non-hydrogen) atoms. The van der Waals surface area contributed by atoms with Gasteiger partial charge in [0, 0.05) is 12.7 Å². The molecule has 1 heterocycles. The number of rotatable bonds is 3. The zero-order valence-electron chi connectivity index (χ0n) is 11.3. The van der Waals surface area contributed by atoms with Crippen molar-refractivity contribution in [1.82, 2.24) is 9.78 Å². The smallest absolute Gasteiger partial charge is 0.265 e. The summed E-state index contributed by atoms with van der Waals surface area (Å²) in [4.78, 5) is 0.0860. The van der Waals surface area contributed by atoms with E-state index in [1.165, 1.54) is 10.7 Å². The maximum Gasteiger partial charge on any atom is 0.265 e. The van der Waals surface area contributed by atoms with E-state index >= 15 is 0 Å². The minimum atomic E-state index is -3.84. The number of nitrogens with zero attached hydrogens (tertiary/aromatic N) is 2. The molecule has 0 aliphatic carbocycles. The summed E-state index contributed by atoms with van der Waals surface area (Å²) in [5.41, 5.74) is 6.58. The van der Waals surface area contributed by atoms with Gasteiger partial charge in [0.2, 0.25) is 0 Å². The van der Waals surface area contributed by atoms with Crippen LogP contribution in [0.25, 0.3) is 0 Å². The van der Waals surface area contributed by atoms with Crippen molar-refractivity contribution in [3.05, 3.63) is 35.4 Å². The van der Waals surface area contributed by atoms with Crippen molar-refractivity contribution in [2.75, 3.05) is 10.5 Å². The van der Waals surface area contributed by atoms with Gasteiger partial charge in [0.15, 0.2) is 0 Å². The molecule has 0 atom stereocenters. The largest absolute Gasteiger partial charge is 0.399 e. The van der Waals surface area contributed by atoms with Crippen LogP contribution in [0, 0.1) is 19.7 Å². The number of hydrogen-bond donors (Lipinski definition) is 2. The predicted octanol–water partition coefficient (Wildman–Crippen LogP) is 1.56. The van der Waals surface area contributed by atoms with Crippen LogP contribution in [-0.4, -0.2) is 18.2 Å². The van der Waals surface area contributed by atoms with Gasteiger partial charge in [0.25, 0.3) is 10.0 Å². The third-order valence-corrected chi connectivity index (χ3v) is 4.52. The second-order valence-corrected chi connectivity index (χ2v) is 6.12. The molecule has 0 unspecified atom stereocenters. The Kier molecular flexibility index (Phi) is 3.43. The molecule has 8 heteroatoms. The molecule has 2 aromatic rings. The van der Waals surface area contributed by atoms with E-state index in [1.807, 2.05) is 0 Å². The van der Waals surface area contributed by atoms with Crippen LogP contribution in [0.15, 0.2) is 23.1 Å². The highest BCUT2D eigenvalue weighted by atomic mass is 32.2. The standard InChI is InChI=1S/C12H15FN4O2S/c1-7-12(8(2)17(3)15-7)20(18,19)16-11-5-9(13)4-10(14)6-11/h4-6,16H,14H2,1-3H3. The normalized spacial score (nSPS) is 11.6. The Morgan fingerprint density at radius 2 is 1.95 bits per heavy atom. The van der Waals surface area contributed by atoms with E-state index in [2.05, 4.69) is 9.82 Å². The molecule has 0 radical (unpaired) electrons. The maximum atomic E-state index is 13.2. The summed E-state index contributed by atoms with van der Waals surface area (Å²) < 4.78 is 41.7. The van der Waals surface area contributed by atoms with Crippen LogP contribution in [0.5, 0.6) is 0 Å². The molecule has 0 spiro atoms. The van der Waals surface area contributed by atoms with Crippen molar-refractivity contribution in [2.45, 2.75) is 18.7 Å². The summed E-state index contributed by atoms with van der Waals surface area (Å²) in [6, 6.07) is 3.52. The molecule has 0 aliphatic heterocycles. The molecule has 0 bridgehead atoms. The quantitative estimate of drug-likeness (QED) is 0.841. The monoisotopic (exact) mass is 298 g/mol. The van der Waals surface area contributed by atoms with E-state index in [1.54, 1.807) is 20.9 Å². The van der Waals surface area contributed by atoms with E-state index in [9.17, 15) is 12.8 Å². The topological polar surface area (TPSA) is 90.0 Å². The van der Waals surface area contributed by atoms with E-state index < -0.39 is 15.8 Å². The molecule has 6 nitrogen and oxygen atoms in total. The SMILES string of the molecule is Cc1nn(C)c(C)c1S(=O)(=O)Nc1cc(N)cc(F)c1. The molecule has 0 fully saturated rings. The lowest BCUT2D eigenvalue weighted by atomic mass is 10.3. The molecule has 0 saturated carbocycles. The minimum Gasteiger partial charge on any atom is -0.399 e. The highest BCUT2D eigenvalue weighted by molar-refractivity contribution is 7.92. The molecule has 0 aliphatic rings. The summed E-state index contributed by atoms with van der Waals surface area (Å²) in [7, 11) is -2.19. The Morgan fingerprint density at radius 3 is 2.45 bits per heavy atom.